The van der Waals surface area contributed by atoms with Gasteiger partial charge in [0, 0.05) is 56.3 Å². The highest BCUT2D eigenvalue weighted by atomic mass is 19.5. The third-order valence-corrected chi connectivity index (χ3v) is 8.71. The van der Waals surface area contributed by atoms with Crippen molar-refractivity contribution in [3.63, 3.8) is 0 Å². The van der Waals surface area contributed by atoms with E-state index in [0.717, 1.165) is 44.5 Å². The van der Waals surface area contributed by atoms with Crippen LogP contribution in [0.15, 0.2) is 115 Å². The average molecular weight is 685 g/mol. The lowest BCUT2D eigenvalue weighted by Gasteiger charge is -2.22. The normalized spacial score (nSPS) is 11.1. The molecule has 0 spiro atoms. The van der Waals surface area contributed by atoms with Gasteiger partial charge in [-0.05, 0) is 116 Å². The summed E-state index contributed by atoms with van der Waals surface area (Å²) < 4.78 is 39.0. The van der Waals surface area contributed by atoms with Crippen LogP contribution in [0.4, 0.5) is 34.3 Å². The van der Waals surface area contributed by atoms with Gasteiger partial charge >= 0.3 is 7.25 Å². The van der Waals surface area contributed by atoms with Gasteiger partial charge < -0.3 is 32.0 Å². The second-order valence-electron chi connectivity index (χ2n) is 11.7. The first-order chi connectivity index (χ1) is 24.0. The molecule has 0 atom stereocenters. The number of anilines is 3. The minimum Gasteiger partial charge on any atom is -0.418 e. The molecule has 8 heteroatoms. The lowest BCUT2D eigenvalue weighted by Crippen LogP contribution is -2.21. The molecule has 0 aliphatic heterocycles. The van der Waals surface area contributed by atoms with Gasteiger partial charge in [-0.25, -0.2) is 0 Å². The largest absolute Gasteiger partial charge is 0.673 e. The molecule has 0 aromatic heterocycles. The van der Waals surface area contributed by atoms with Crippen LogP contribution in [0, 0.1) is 0 Å². The number of rotatable bonds is 14. The molecule has 3 nitrogen and oxygen atoms in total. The molecule has 0 N–H and O–H groups in total. The molecule has 0 fully saturated rings. The summed E-state index contributed by atoms with van der Waals surface area (Å²) in [5.41, 5.74) is 9.76. The van der Waals surface area contributed by atoms with E-state index in [-0.39, 0.29) is 0 Å². The van der Waals surface area contributed by atoms with Gasteiger partial charge in [-0.3, -0.25) is 0 Å². The lowest BCUT2D eigenvalue weighted by molar-refractivity contribution is 0.368. The van der Waals surface area contributed by atoms with Gasteiger partial charge in [0.15, 0.2) is 0 Å². The highest BCUT2D eigenvalue weighted by Gasteiger charge is 2.20. The Balaban J connectivity index is 0.00000126. The van der Waals surface area contributed by atoms with Gasteiger partial charge in [-0.1, -0.05) is 85.5 Å². The molecule has 0 saturated heterocycles. The Bertz CT molecular complexity index is 1680. The zero-order chi connectivity index (χ0) is 36.7. The van der Waals surface area contributed by atoms with Crippen LogP contribution < -0.4 is 25.1 Å². The van der Waals surface area contributed by atoms with Gasteiger partial charge in [0.25, 0.3) is 0 Å². The molecule has 50 heavy (non-hydrogen) atoms. The Morgan fingerprint density at radius 2 is 0.840 bits per heavy atom. The zero-order valence-corrected chi connectivity index (χ0v) is 30.4. The SMILES string of the molecule is C=c1ccc(=C(/C=C/C=C(c2ccc(N(CC)CC)cc2)c2ccc(N(CC)CC)cc2)c2ccc(N(CC)CC)cc2)cc1.F[B-](F)(F)F. The van der Waals surface area contributed by atoms with E-state index >= 15 is 0 Å². The van der Waals surface area contributed by atoms with Crippen molar-refractivity contribution >= 4 is 42.0 Å². The lowest BCUT2D eigenvalue weighted by atomic mass is 9.96. The second kappa shape index (κ2) is 19.5. The van der Waals surface area contributed by atoms with Crippen molar-refractivity contribution in [2.45, 2.75) is 41.5 Å². The summed E-state index contributed by atoms with van der Waals surface area (Å²) in [7, 11) is -6.00. The minimum absolute atomic E-state index is 0.997. The predicted octanol–water partition coefficient (Wildman–Crippen LogP) is 9.82. The van der Waals surface area contributed by atoms with Crippen molar-refractivity contribution in [3.05, 3.63) is 142 Å². The number of hydrogen-bond donors (Lipinski definition) is 0. The van der Waals surface area contributed by atoms with Crippen LogP contribution in [-0.4, -0.2) is 46.5 Å². The van der Waals surface area contributed by atoms with E-state index in [9.17, 15) is 17.3 Å². The summed E-state index contributed by atoms with van der Waals surface area (Å²) in [6.45, 7) is 23.3. The molecule has 0 amide bonds. The number of halogens is 4. The van der Waals surface area contributed by atoms with Crippen LogP contribution in [0.2, 0.25) is 0 Å². The average Bonchev–Trinajstić information content (AvgIpc) is 3.11. The van der Waals surface area contributed by atoms with Gasteiger partial charge in [0.2, 0.25) is 0 Å². The van der Waals surface area contributed by atoms with E-state index < -0.39 is 7.25 Å². The Morgan fingerprint density at radius 3 is 1.16 bits per heavy atom. The van der Waals surface area contributed by atoms with Crippen molar-refractivity contribution < 1.29 is 17.3 Å². The van der Waals surface area contributed by atoms with Crippen LogP contribution in [0.1, 0.15) is 58.2 Å². The third kappa shape index (κ3) is 11.7. The van der Waals surface area contributed by atoms with E-state index in [1.165, 1.54) is 50.1 Å². The quantitative estimate of drug-likeness (QED) is 0.0744. The maximum absolute atomic E-state index is 9.75. The summed E-state index contributed by atoms with van der Waals surface area (Å²) in [5.74, 6) is 0. The first-order valence-electron chi connectivity index (χ1n) is 17.6. The van der Waals surface area contributed by atoms with E-state index in [0.29, 0.717) is 0 Å². The molecule has 266 valence electrons. The second-order valence-corrected chi connectivity index (χ2v) is 11.7. The third-order valence-electron chi connectivity index (χ3n) is 8.71. The summed E-state index contributed by atoms with van der Waals surface area (Å²) in [5, 5.41) is 2.19. The molecule has 0 heterocycles. The monoisotopic (exact) mass is 684 g/mol. The Morgan fingerprint density at radius 1 is 0.520 bits per heavy atom. The molecule has 0 unspecified atom stereocenters. The smallest absolute Gasteiger partial charge is 0.418 e. The van der Waals surface area contributed by atoms with E-state index in [1.807, 2.05) is 0 Å². The summed E-state index contributed by atoms with van der Waals surface area (Å²) >= 11 is 0. The fourth-order valence-corrected chi connectivity index (χ4v) is 5.96. The van der Waals surface area contributed by atoms with Crippen molar-refractivity contribution in [1.82, 2.24) is 0 Å². The van der Waals surface area contributed by atoms with E-state index in [2.05, 4.69) is 178 Å². The molecule has 4 rings (SSSR count). The van der Waals surface area contributed by atoms with Gasteiger partial charge in [-0.15, -0.1) is 0 Å². The predicted molar refractivity (Wildman–Crippen MR) is 210 cm³/mol. The molecule has 0 radical (unpaired) electrons. The highest BCUT2D eigenvalue weighted by molar-refractivity contribution is 6.50. The molecule has 0 bridgehead atoms. The molecule has 0 aliphatic rings. The molecular formula is C42H51BF4N3-. The fraction of sp³-hybridized carbons (Fsp3) is 0.286. The standard InChI is InChI=1S/C42H51N3.BF4/c1-8-43(9-2)38-27-21-35(22-28-38)41(34-19-17-33(7)18-20-34)15-14-16-42(36-23-29-39(30-24-36)44(10-3)11-4)37-25-31-40(32-26-37)45(12-5)13-6;2-1(3,4)5/h14-32H,7-13H2,1-6H3;/q;-1/b15-14+;. The van der Waals surface area contributed by atoms with Crippen molar-refractivity contribution in [2.75, 3.05) is 54.0 Å². The Labute approximate surface area is 296 Å². The topological polar surface area (TPSA) is 9.72 Å². The van der Waals surface area contributed by atoms with Gasteiger partial charge in [-0.2, -0.15) is 0 Å². The molecule has 4 aromatic rings. The van der Waals surface area contributed by atoms with Gasteiger partial charge in [0.1, 0.15) is 0 Å². The first kappa shape index (κ1) is 39.7. The number of benzene rings is 4. The number of nitrogens with zero attached hydrogens (tertiary/aromatic N) is 3. The van der Waals surface area contributed by atoms with Gasteiger partial charge in [0.05, 0.1) is 0 Å². The molecule has 0 saturated carbocycles. The van der Waals surface area contributed by atoms with Crippen LogP contribution >= 0.6 is 0 Å². The Kier molecular flexibility index (Phi) is 15.5. The van der Waals surface area contributed by atoms with E-state index in [4.69, 9.17) is 0 Å². The van der Waals surface area contributed by atoms with Crippen LogP contribution in [-0.2, 0) is 0 Å². The molecular weight excluding hydrogens is 633 g/mol. The molecule has 4 aromatic carbocycles. The highest BCUT2D eigenvalue weighted by Crippen LogP contribution is 2.28. The van der Waals surface area contributed by atoms with Crippen LogP contribution in [0.5, 0.6) is 0 Å². The minimum atomic E-state index is -6.00. The zero-order valence-electron chi connectivity index (χ0n) is 30.4. The first-order valence-corrected chi connectivity index (χ1v) is 17.6. The fourth-order valence-electron chi connectivity index (χ4n) is 5.96. The summed E-state index contributed by atoms with van der Waals surface area (Å²) in [6, 6.07) is 35.5. The van der Waals surface area contributed by atoms with Crippen LogP contribution in [0.3, 0.4) is 0 Å². The maximum Gasteiger partial charge on any atom is 0.673 e. The summed E-state index contributed by atoms with van der Waals surface area (Å²) in [4.78, 5) is 7.15. The number of hydrogen-bond acceptors (Lipinski definition) is 3. The summed E-state index contributed by atoms with van der Waals surface area (Å²) in [6.07, 6.45) is 6.72. The number of allylic oxidation sites excluding steroid dienone is 3. The van der Waals surface area contributed by atoms with Crippen molar-refractivity contribution in [3.8, 4) is 0 Å². The Hall–Kier alpha value is -4.72. The maximum atomic E-state index is 9.75. The van der Waals surface area contributed by atoms with Crippen LogP contribution in [0.25, 0.3) is 17.7 Å². The van der Waals surface area contributed by atoms with E-state index in [1.54, 1.807) is 0 Å². The van der Waals surface area contributed by atoms with Crippen molar-refractivity contribution in [1.29, 1.82) is 0 Å². The van der Waals surface area contributed by atoms with Crippen molar-refractivity contribution in [2.24, 2.45) is 0 Å². The molecule has 0 aliphatic carbocycles.